The maximum atomic E-state index is 13.1. The van der Waals surface area contributed by atoms with E-state index < -0.39 is 10.0 Å². The first kappa shape index (κ1) is 19.1. The second-order valence-electron chi connectivity index (χ2n) is 6.15. The number of benzene rings is 2. The number of nitrogens with zero attached hydrogens (tertiary/aromatic N) is 2. The molecule has 2 aromatic heterocycles. The molecule has 0 atom stereocenters. The topological polar surface area (TPSA) is 63.5 Å². The second kappa shape index (κ2) is 7.29. The van der Waals surface area contributed by atoms with Gasteiger partial charge < -0.3 is 0 Å². The highest BCUT2D eigenvalue weighted by Gasteiger charge is 2.19. The van der Waals surface area contributed by atoms with Crippen LogP contribution in [0, 0.1) is 12.7 Å². The van der Waals surface area contributed by atoms with Gasteiger partial charge in [0.25, 0.3) is 0 Å². The molecule has 0 amide bonds. The van der Waals surface area contributed by atoms with Crippen molar-refractivity contribution in [2.24, 2.45) is 0 Å². The van der Waals surface area contributed by atoms with Crippen molar-refractivity contribution in [3.8, 4) is 11.3 Å². The summed E-state index contributed by atoms with van der Waals surface area (Å²) in [6.07, 6.45) is 1.86. The van der Waals surface area contributed by atoms with Crippen LogP contribution in [0.15, 0.2) is 59.6 Å². The fourth-order valence-electron chi connectivity index (χ4n) is 2.82. The lowest BCUT2D eigenvalue weighted by molar-refractivity contribution is 0.581. The van der Waals surface area contributed by atoms with E-state index in [1.807, 2.05) is 17.5 Å². The van der Waals surface area contributed by atoms with Crippen LogP contribution >= 0.6 is 22.9 Å². The van der Waals surface area contributed by atoms with E-state index in [0.717, 1.165) is 26.8 Å². The molecule has 0 unspecified atom stereocenters. The number of aromatic nitrogens is 2. The van der Waals surface area contributed by atoms with Crippen molar-refractivity contribution in [1.82, 2.24) is 14.1 Å². The van der Waals surface area contributed by atoms with Crippen LogP contribution in [0.4, 0.5) is 4.39 Å². The third kappa shape index (κ3) is 3.56. The van der Waals surface area contributed by atoms with Crippen LogP contribution in [0.3, 0.4) is 0 Å². The summed E-state index contributed by atoms with van der Waals surface area (Å²) in [5.74, 6) is -0.297. The van der Waals surface area contributed by atoms with Crippen molar-refractivity contribution >= 4 is 37.9 Å². The average Bonchev–Trinajstić information content (AvgIpc) is 3.20. The quantitative estimate of drug-likeness (QED) is 0.496. The molecule has 5 nitrogen and oxygen atoms in total. The zero-order valence-electron chi connectivity index (χ0n) is 14.7. The molecule has 0 spiro atoms. The van der Waals surface area contributed by atoms with E-state index >= 15 is 0 Å². The highest BCUT2D eigenvalue weighted by Crippen LogP contribution is 2.28. The van der Waals surface area contributed by atoms with E-state index in [-0.39, 0.29) is 22.3 Å². The summed E-state index contributed by atoms with van der Waals surface area (Å²) in [7, 11) is -3.72. The molecule has 28 heavy (non-hydrogen) atoms. The van der Waals surface area contributed by atoms with Gasteiger partial charge in [0.15, 0.2) is 4.96 Å². The summed E-state index contributed by atoms with van der Waals surface area (Å²) in [5, 5.41) is 0.177. The van der Waals surface area contributed by atoms with Gasteiger partial charge in [-0.15, -0.1) is 0 Å². The van der Waals surface area contributed by atoms with Gasteiger partial charge in [0.1, 0.15) is 10.7 Å². The molecule has 0 aliphatic heterocycles. The number of halogens is 2. The van der Waals surface area contributed by atoms with Gasteiger partial charge in [-0.3, -0.25) is 4.40 Å². The van der Waals surface area contributed by atoms with Gasteiger partial charge in [0.2, 0.25) is 10.0 Å². The van der Waals surface area contributed by atoms with E-state index in [1.165, 1.54) is 35.6 Å². The number of nitrogens with one attached hydrogen (secondary N) is 1. The van der Waals surface area contributed by atoms with Crippen molar-refractivity contribution in [3.05, 3.63) is 76.1 Å². The Labute approximate surface area is 170 Å². The van der Waals surface area contributed by atoms with Gasteiger partial charge in [-0.25, -0.2) is 22.5 Å². The Morgan fingerprint density at radius 1 is 1.18 bits per heavy atom. The lowest BCUT2D eigenvalue weighted by Gasteiger charge is -2.07. The van der Waals surface area contributed by atoms with Crippen LogP contribution in [-0.4, -0.2) is 17.8 Å². The number of hydrogen-bond acceptors (Lipinski definition) is 4. The maximum absolute atomic E-state index is 13.1. The van der Waals surface area contributed by atoms with Gasteiger partial charge in [-0.2, -0.15) is 0 Å². The Morgan fingerprint density at radius 2 is 1.89 bits per heavy atom. The molecule has 0 fully saturated rings. The number of imidazole rings is 1. The maximum Gasteiger partial charge on any atom is 0.242 e. The molecule has 4 rings (SSSR count). The summed E-state index contributed by atoms with van der Waals surface area (Å²) in [6, 6.07) is 12.5. The van der Waals surface area contributed by atoms with Crippen LogP contribution < -0.4 is 4.72 Å². The highest BCUT2D eigenvalue weighted by molar-refractivity contribution is 7.89. The predicted molar refractivity (Wildman–Crippen MR) is 109 cm³/mol. The minimum atomic E-state index is -3.72. The molecule has 144 valence electrons. The van der Waals surface area contributed by atoms with Crippen molar-refractivity contribution in [2.75, 3.05) is 0 Å². The number of rotatable bonds is 5. The van der Waals surface area contributed by atoms with E-state index in [4.69, 9.17) is 11.6 Å². The van der Waals surface area contributed by atoms with Crippen molar-refractivity contribution in [3.63, 3.8) is 0 Å². The molecule has 9 heteroatoms. The molecule has 0 radical (unpaired) electrons. The summed E-state index contributed by atoms with van der Waals surface area (Å²) in [5.41, 5.74) is 2.44. The Hall–Kier alpha value is -2.26. The van der Waals surface area contributed by atoms with E-state index in [1.54, 1.807) is 24.3 Å². The Morgan fingerprint density at radius 3 is 2.57 bits per heavy atom. The summed E-state index contributed by atoms with van der Waals surface area (Å²) >= 11 is 7.40. The molecular formula is C19H15ClFN3O2S2. The van der Waals surface area contributed by atoms with Crippen LogP contribution in [-0.2, 0) is 16.6 Å². The first-order valence-electron chi connectivity index (χ1n) is 8.32. The summed E-state index contributed by atoms with van der Waals surface area (Å²) < 4.78 is 42.6. The third-order valence-corrected chi connectivity index (χ3v) is 7.40. The monoisotopic (exact) mass is 435 g/mol. The Balaban J connectivity index is 1.58. The lowest BCUT2D eigenvalue weighted by atomic mass is 10.2. The van der Waals surface area contributed by atoms with Crippen molar-refractivity contribution in [2.45, 2.75) is 18.4 Å². The normalized spacial score (nSPS) is 12.0. The Kier molecular flexibility index (Phi) is 4.96. The average molecular weight is 436 g/mol. The highest BCUT2D eigenvalue weighted by atomic mass is 35.5. The number of sulfonamides is 1. The largest absolute Gasteiger partial charge is 0.294 e. The first-order valence-corrected chi connectivity index (χ1v) is 11.0. The first-order chi connectivity index (χ1) is 13.3. The molecule has 0 bridgehead atoms. The van der Waals surface area contributed by atoms with E-state index in [2.05, 4.69) is 9.71 Å². The van der Waals surface area contributed by atoms with Gasteiger partial charge in [-0.05, 0) is 43.3 Å². The smallest absolute Gasteiger partial charge is 0.242 e. The molecule has 0 saturated carbocycles. The summed E-state index contributed by atoms with van der Waals surface area (Å²) in [4.78, 5) is 6.21. The minimum absolute atomic E-state index is 0.0502. The van der Waals surface area contributed by atoms with Gasteiger partial charge in [0.05, 0.1) is 10.7 Å². The SMILES string of the molecule is Cc1c(CNS(=O)(=O)c2ccccc2Cl)sc2nc(-c3ccc(F)cc3)cn12. The molecule has 4 aromatic rings. The van der Waals surface area contributed by atoms with Crippen molar-refractivity contribution in [1.29, 1.82) is 0 Å². The standard InChI is InChI=1S/C19H15ClFN3O2S2/c1-12-17(10-22-28(25,26)18-5-3-2-4-15(18)20)27-19-23-16(11-24(12)19)13-6-8-14(21)9-7-13/h2-9,11,22H,10H2,1H3. The summed E-state index contributed by atoms with van der Waals surface area (Å²) in [6.45, 7) is 2.04. The zero-order chi connectivity index (χ0) is 19.9. The van der Waals surface area contributed by atoms with Crippen LogP contribution in [0.25, 0.3) is 16.2 Å². The number of thiazole rings is 1. The lowest BCUT2D eigenvalue weighted by Crippen LogP contribution is -2.23. The number of fused-ring (bicyclic) bond motifs is 1. The van der Waals surface area contributed by atoms with Gasteiger partial charge >= 0.3 is 0 Å². The van der Waals surface area contributed by atoms with Gasteiger partial charge in [-0.1, -0.05) is 35.1 Å². The van der Waals surface area contributed by atoms with Crippen LogP contribution in [0.2, 0.25) is 5.02 Å². The Bertz CT molecular complexity index is 1260. The molecular weight excluding hydrogens is 421 g/mol. The van der Waals surface area contributed by atoms with Crippen LogP contribution in [0.5, 0.6) is 0 Å². The molecule has 0 saturated heterocycles. The third-order valence-electron chi connectivity index (χ3n) is 4.34. The molecule has 0 aliphatic carbocycles. The molecule has 2 heterocycles. The number of aryl methyl sites for hydroxylation is 1. The molecule has 1 N–H and O–H groups in total. The van der Waals surface area contributed by atoms with E-state index in [0.29, 0.717) is 0 Å². The van der Waals surface area contributed by atoms with E-state index in [9.17, 15) is 12.8 Å². The minimum Gasteiger partial charge on any atom is -0.294 e. The predicted octanol–water partition coefficient (Wildman–Crippen LogP) is 4.64. The molecule has 0 aliphatic rings. The zero-order valence-corrected chi connectivity index (χ0v) is 17.1. The fourth-order valence-corrected chi connectivity index (χ4v) is 5.47. The molecule has 2 aromatic carbocycles. The second-order valence-corrected chi connectivity index (χ2v) is 9.36. The fraction of sp³-hybridized carbons (Fsp3) is 0.105. The van der Waals surface area contributed by atoms with Crippen LogP contribution in [0.1, 0.15) is 10.6 Å². The van der Waals surface area contributed by atoms with Gasteiger partial charge in [0, 0.05) is 28.9 Å². The van der Waals surface area contributed by atoms with Crippen molar-refractivity contribution < 1.29 is 12.8 Å². The number of hydrogen-bond donors (Lipinski definition) is 1.